The van der Waals surface area contributed by atoms with Crippen LogP contribution < -0.4 is 5.32 Å². The molecule has 17 heavy (non-hydrogen) atoms. The van der Waals surface area contributed by atoms with Gasteiger partial charge in [0.1, 0.15) is 0 Å². The molecule has 0 aromatic rings. The summed E-state index contributed by atoms with van der Waals surface area (Å²) in [6.45, 7) is 3.37. The maximum atomic E-state index is 11.4. The van der Waals surface area contributed by atoms with Crippen LogP contribution >= 0.6 is 0 Å². The van der Waals surface area contributed by atoms with Crippen molar-refractivity contribution in [1.29, 1.82) is 0 Å². The maximum absolute atomic E-state index is 11.4. The van der Waals surface area contributed by atoms with Gasteiger partial charge in [-0.1, -0.05) is 0 Å². The summed E-state index contributed by atoms with van der Waals surface area (Å²) >= 11 is 0. The normalized spacial score (nSPS) is 32.4. The molecule has 0 saturated carbocycles. The highest BCUT2D eigenvalue weighted by molar-refractivity contribution is 7.91. The Hall–Kier alpha value is -0.130. The van der Waals surface area contributed by atoms with Gasteiger partial charge >= 0.3 is 0 Å². The van der Waals surface area contributed by atoms with Crippen LogP contribution in [0.2, 0.25) is 0 Å². The Kier molecular flexibility index (Phi) is 4.44. The van der Waals surface area contributed by atoms with E-state index in [4.69, 9.17) is 0 Å². The molecule has 2 rings (SSSR count). The molecule has 2 atom stereocenters. The minimum Gasteiger partial charge on any atom is -0.316 e. The summed E-state index contributed by atoms with van der Waals surface area (Å²) in [4.78, 5) is 2.24. The van der Waals surface area contributed by atoms with E-state index in [0.717, 1.165) is 18.9 Å². The van der Waals surface area contributed by atoms with Crippen molar-refractivity contribution in [2.45, 2.75) is 31.7 Å². The highest BCUT2D eigenvalue weighted by Crippen LogP contribution is 2.18. The van der Waals surface area contributed by atoms with Gasteiger partial charge in [0.05, 0.1) is 11.5 Å². The smallest absolute Gasteiger partial charge is 0.151 e. The van der Waals surface area contributed by atoms with Crippen molar-refractivity contribution in [3.05, 3.63) is 0 Å². The van der Waals surface area contributed by atoms with Gasteiger partial charge in [-0.2, -0.15) is 0 Å². The summed E-state index contributed by atoms with van der Waals surface area (Å²) in [5, 5.41) is 3.38. The molecule has 1 N–H and O–H groups in total. The number of nitrogens with zero attached hydrogens (tertiary/aromatic N) is 1. The summed E-state index contributed by atoms with van der Waals surface area (Å²) < 4.78 is 22.8. The van der Waals surface area contributed by atoms with Gasteiger partial charge in [0.15, 0.2) is 9.84 Å². The van der Waals surface area contributed by atoms with Crippen molar-refractivity contribution >= 4 is 9.84 Å². The van der Waals surface area contributed by atoms with Crippen LogP contribution in [0.3, 0.4) is 0 Å². The number of nitrogens with one attached hydrogen (secondary N) is 1. The Labute approximate surface area is 105 Å². The van der Waals surface area contributed by atoms with Gasteiger partial charge < -0.3 is 10.2 Å². The number of hydrogen-bond donors (Lipinski definition) is 1. The summed E-state index contributed by atoms with van der Waals surface area (Å²) in [5.41, 5.74) is 0. The van der Waals surface area contributed by atoms with E-state index in [2.05, 4.69) is 17.3 Å². The van der Waals surface area contributed by atoms with Gasteiger partial charge in [0, 0.05) is 6.04 Å². The predicted molar refractivity (Wildman–Crippen MR) is 69.9 cm³/mol. The fourth-order valence-electron chi connectivity index (χ4n) is 2.90. The third kappa shape index (κ3) is 3.93. The summed E-state index contributed by atoms with van der Waals surface area (Å²) in [6.07, 6.45) is 4.60. The van der Waals surface area contributed by atoms with E-state index < -0.39 is 9.84 Å². The van der Waals surface area contributed by atoms with E-state index in [-0.39, 0.29) is 6.04 Å². The molecular weight excluding hydrogens is 236 g/mol. The molecule has 0 radical (unpaired) electrons. The van der Waals surface area contributed by atoms with Gasteiger partial charge in [-0.25, -0.2) is 8.42 Å². The molecule has 2 heterocycles. The van der Waals surface area contributed by atoms with Gasteiger partial charge in [0.2, 0.25) is 0 Å². The van der Waals surface area contributed by atoms with E-state index in [1.807, 2.05) is 0 Å². The Morgan fingerprint density at radius 2 is 2.18 bits per heavy atom. The van der Waals surface area contributed by atoms with Crippen LogP contribution in [0.1, 0.15) is 25.7 Å². The largest absolute Gasteiger partial charge is 0.316 e. The average Bonchev–Trinajstić information content (AvgIpc) is 2.87. The SMILES string of the molecule is CN(CCCC1CCNC1)C1CCS(=O)(=O)C1. The van der Waals surface area contributed by atoms with Gasteiger partial charge in [-0.05, 0) is 58.3 Å². The molecule has 0 spiro atoms. The first kappa shape index (κ1) is 13.3. The third-order valence-corrected chi connectivity index (χ3v) is 5.87. The molecule has 100 valence electrons. The molecule has 5 heteroatoms. The molecule has 2 aliphatic rings. The van der Waals surface area contributed by atoms with Gasteiger partial charge in [-0.3, -0.25) is 0 Å². The first-order valence-corrected chi connectivity index (χ1v) is 8.50. The lowest BCUT2D eigenvalue weighted by atomic mass is 10.0. The zero-order chi connectivity index (χ0) is 12.3. The molecular formula is C12H24N2O2S. The lowest BCUT2D eigenvalue weighted by Crippen LogP contribution is -2.33. The Balaban J connectivity index is 1.65. The molecule has 2 saturated heterocycles. The average molecular weight is 260 g/mol. The van der Waals surface area contributed by atoms with Crippen molar-refractivity contribution in [2.24, 2.45) is 5.92 Å². The quantitative estimate of drug-likeness (QED) is 0.782. The van der Waals surface area contributed by atoms with E-state index in [0.29, 0.717) is 11.5 Å². The summed E-state index contributed by atoms with van der Waals surface area (Å²) in [7, 11) is -0.665. The first-order chi connectivity index (χ1) is 8.07. The van der Waals surface area contributed by atoms with Crippen LogP contribution in [0.25, 0.3) is 0 Å². The second kappa shape index (κ2) is 5.67. The van der Waals surface area contributed by atoms with Crippen molar-refractivity contribution in [1.82, 2.24) is 10.2 Å². The fourth-order valence-corrected chi connectivity index (χ4v) is 4.70. The molecule has 0 aromatic heterocycles. The number of sulfone groups is 1. The van der Waals surface area contributed by atoms with Crippen molar-refractivity contribution < 1.29 is 8.42 Å². The molecule has 2 unspecified atom stereocenters. The standard InChI is InChI=1S/C12H24N2O2S/c1-14(12-5-8-17(15,16)10-12)7-2-3-11-4-6-13-9-11/h11-13H,2-10H2,1H3. The second-order valence-electron chi connectivity index (χ2n) is 5.54. The van der Waals surface area contributed by atoms with Gasteiger partial charge in [0.25, 0.3) is 0 Å². The molecule has 4 nitrogen and oxygen atoms in total. The molecule has 0 bridgehead atoms. The maximum Gasteiger partial charge on any atom is 0.151 e. The highest BCUT2D eigenvalue weighted by atomic mass is 32.2. The van der Waals surface area contributed by atoms with Crippen LogP contribution in [0.15, 0.2) is 0 Å². The lowest BCUT2D eigenvalue weighted by Gasteiger charge is -2.23. The zero-order valence-electron chi connectivity index (χ0n) is 10.7. The van der Waals surface area contributed by atoms with E-state index in [1.165, 1.54) is 32.4 Å². The second-order valence-corrected chi connectivity index (χ2v) is 7.77. The Bertz CT molecular complexity index is 336. The van der Waals surface area contributed by atoms with E-state index in [9.17, 15) is 8.42 Å². The molecule has 0 aromatic carbocycles. The number of hydrogen-bond acceptors (Lipinski definition) is 4. The molecule has 2 fully saturated rings. The zero-order valence-corrected chi connectivity index (χ0v) is 11.5. The molecule has 0 amide bonds. The van der Waals surface area contributed by atoms with Crippen LogP contribution in [-0.2, 0) is 9.84 Å². The van der Waals surface area contributed by atoms with Crippen LogP contribution in [-0.4, -0.2) is 57.5 Å². The van der Waals surface area contributed by atoms with Crippen LogP contribution in [0, 0.1) is 5.92 Å². The van der Waals surface area contributed by atoms with Crippen molar-refractivity contribution in [3.8, 4) is 0 Å². The van der Waals surface area contributed by atoms with Crippen LogP contribution in [0.4, 0.5) is 0 Å². The highest BCUT2D eigenvalue weighted by Gasteiger charge is 2.30. The molecule has 0 aliphatic carbocycles. The Morgan fingerprint density at radius 1 is 1.35 bits per heavy atom. The fraction of sp³-hybridized carbons (Fsp3) is 1.00. The van der Waals surface area contributed by atoms with Gasteiger partial charge in [-0.15, -0.1) is 0 Å². The monoisotopic (exact) mass is 260 g/mol. The van der Waals surface area contributed by atoms with Crippen molar-refractivity contribution in [3.63, 3.8) is 0 Å². The predicted octanol–water partition coefficient (Wildman–Crippen LogP) is 0.495. The van der Waals surface area contributed by atoms with Crippen LogP contribution in [0.5, 0.6) is 0 Å². The molecule has 2 aliphatic heterocycles. The minimum atomic E-state index is -2.73. The number of rotatable bonds is 5. The van der Waals surface area contributed by atoms with E-state index >= 15 is 0 Å². The first-order valence-electron chi connectivity index (χ1n) is 6.68. The summed E-state index contributed by atoms with van der Waals surface area (Å²) in [6, 6.07) is 0.265. The Morgan fingerprint density at radius 3 is 2.76 bits per heavy atom. The van der Waals surface area contributed by atoms with E-state index in [1.54, 1.807) is 0 Å². The third-order valence-electron chi connectivity index (χ3n) is 4.12. The topological polar surface area (TPSA) is 49.4 Å². The summed E-state index contributed by atoms with van der Waals surface area (Å²) in [5.74, 6) is 1.60. The minimum absolute atomic E-state index is 0.265. The lowest BCUT2D eigenvalue weighted by molar-refractivity contribution is 0.251. The van der Waals surface area contributed by atoms with Crippen molar-refractivity contribution in [2.75, 3.05) is 38.2 Å².